The van der Waals surface area contributed by atoms with Crippen molar-refractivity contribution in [1.29, 1.82) is 0 Å². The Morgan fingerprint density at radius 3 is 2.23 bits per heavy atom. The van der Waals surface area contributed by atoms with Gasteiger partial charge in [0.15, 0.2) is 0 Å². The standard InChI is InChI=1S/C24H22ClNO5/c1-3-30-23(27)15-16-4-13-22(21(25)14-16)31-20-11-7-18(8-12-20)26-24(28)17-5-9-19(29-2)10-6-17/h4-14H,3,15H2,1-2H3,(H,26,28). The summed E-state index contributed by atoms with van der Waals surface area (Å²) in [5.41, 5.74) is 1.90. The highest BCUT2D eigenvalue weighted by Crippen LogP contribution is 2.31. The summed E-state index contributed by atoms with van der Waals surface area (Å²) in [5, 5.41) is 3.22. The molecule has 0 saturated carbocycles. The Morgan fingerprint density at radius 2 is 1.61 bits per heavy atom. The second-order valence-electron chi connectivity index (χ2n) is 6.56. The van der Waals surface area contributed by atoms with Crippen LogP contribution in [0.25, 0.3) is 0 Å². The van der Waals surface area contributed by atoms with Crippen molar-refractivity contribution in [3.8, 4) is 17.2 Å². The summed E-state index contributed by atoms with van der Waals surface area (Å²) in [6.07, 6.45) is 0.149. The first-order valence-corrected chi connectivity index (χ1v) is 10.0. The molecule has 0 aliphatic carbocycles. The van der Waals surface area contributed by atoms with Crippen LogP contribution in [0.15, 0.2) is 66.7 Å². The van der Waals surface area contributed by atoms with Gasteiger partial charge in [-0.25, -0.2) is 0 Å². The van der Waals surface area contributed by atoms with Crippen LogP contribution in [-0.4, -0.2) is 25.6 Å². The van der Waals surface area contributed by atoms with Crippen molar-refractivity contribution in [2.75, 3.05) is 19.0 Å². The van der Waals surface area contributed by atoms with Crippen molar-refractivity contribution in [1.82, 2.24) is 0 Å². The molecule has 6 nitrogen and oxygen atoms in total. The number of esters is 1. The third kappa shape index (κ3) is 6.23. The fourth-order valence-electron chi connectivity index (χ4n) is 2.79. The van der Waals surface area contributed by atoms with Gasteiger partial charge in [0, 0.05) is 11.3 Å². The molecular formula is C24H22ClNO5. The molecule has 0 fully saturated rings. The van der Waals surface area contributed by atoms with Crippen molar-refractivity contribution in [2.24, 2.45) is 0 Å². The highest BCUT2D eigenvalue weighted by Gasteiger charge is 2.10. The fourth-order valence-corrected chi connectivity index (χ4v) is 3.04. The molecule has 0 aromatic heterocycles. The van der Waals surface area contributed by atoms with Crippen LogP contribution in [0.1, 0.15) is 22.8 Å². The number of methoxy groups -OCH3 is 1. The van der Waals surface area contributed by atoms with E-state index in [1.807, 2.05) is 0 Å². The minimum atomic E-state index is -0.306. The maximum absolute atomic E-state index is 12.4. The van der Waals surface area contributed by atoms with Gasteiger partial charge in [0.25, 0.3) is 5.91 Å². The Labute approximate surface area is 185 Å². The van der Waals surface area contributed by atoms with E-state index in [0.29, 0.717) is 40.1 Å². The number of rotatable bonds is 8. The first kappa shape index (κ1) is 22.2. The molecule has 0 atom stereocenters. The summed E-state index contributed by atoms with van der Waals surface area (Å²) in [4.78, 5) is 23.9. The van der Waals surface area contributed by atoms with Gasteiger partial charge in [-0.3, -0.25) is 9.59 Å². The highest BCUT2D eigenvalue weighted by molar-refractivity contribution is 6.32. The lowest BCUT2D eigenvalue weighted by atomic mass is 10.1. The first-order chi connectivity index (χ1) is 15.0. The third-order valence-corrected chi connectivity index (χ3v) is 4.64. The summed E-state index contributed by atoms with van der Waals surface area (Å²) in [5.74, 6) is 1.17. The van der Waals surface area contributed by atoms with Crippen LogP contribution >= 0.6 is 11.6 Å². The van der Waals surface area contributed by atoms with Gasteiger partial charge >= 0.3 is 5.97 Å². The Balaban J connectivity index is 1.61. The van der Waals surface area contributed by atoms with Crippen molar-refractivity contribution in [2.45, 2.75) is 13.3 Å². The van der Waals surface area contributed by atoms with Gasteiger partial charge in [0.05, 0.1) is 25.2 Å². The molecule has 0 bridgehead atoms. The van der Waals surface area contributed by atoms with Crippen LogP contribution in [0, 0.1) is 0 Å². The van der Waals surface area contributed by atoms with E-state index in [9.17, 15) is 9.59 Å². The highest BCUT2D eigenvalue weighted by atomic mass is 35.5. The number of carbonyl (C=O) groups excluding carboxylic acids is 2. The summed E-state index contributed by atoms with van der Waals surface area (Å²) in [7, 11) is 1.57. The van der Waals surface area contributed by atoms with Gasteiger partial charge < -0.3 is 19.5 Å². The van der Waals surface area contributed by atoms with E-state index in [1.165, 1.54) is 0 Å². The van der Waals surface area contributed by atoms with Crippen LogP contribution in [0.5, 0.6) is 17.2 Å². The van der Waals surface area contributed by atoms with Crippen LogP contribution < -0.4 is 14.8 Å². The van der Waals surface area contributed by atoms with E-state index in [-0.39, 0.29) is 18.3 Å². The maximum Gasteiger partial charge on any atom is 0.310 e. The second-order valence-corrected chi connectivity index (χ2v) is 6.96. The number of nitrogens with one attached hydrogen (secondary N) is 1. The van der Waals surface area contributed by atoms with Crippen molar-refractivity contribution in [3.63, 3.8) is 0 Å². The molecule has 3 aromatic rings. The Kier molecular flexibility index (Phi) is 7.51. The largest absolute Gasteiger partial charge is 0.497 e. The predicted octanol–water partition coefficient (Wildman–Crippen LogP) is 5.50. The van der Waals surface area contributed by atoms with Crippen molar-refractivity contribution >= 4 is 29.2 Å². The van der Waals surface area contributed by atoms with Gasteiger partial charge in [-0.15, -0.1) is 0 Å². The van der Waals surface area contributed by atoms with Crippen LogP contribution in [-0.2, 0) is 16.0 Å². The first-order valence-electron chi connectivity index (χ1n) is 9.66. The summed E-state index contributed by atoms with van der Waals surface area (Å²) in [6, 6.07) is 18.9. The molecule has 1 N–H and O–H groups in total. The summed E-state index contributed by atoms with van der Waals surface area (Å²) in [6.45, 7) is 2.10. The molecule has 31 heavy (non-hydrogen) atoms. The number of hydrogen-bond acceptors (Lipinski definition) is 5. The number of anilines is 1. The number of ether oxygens (including phenoxy) is 3. The molecule has 1 amide bonds. The third-order valence-electron chi connectivity index (χ3n) is 4.34. The zero-order valence-electron chi connectivity index (χ0n) is 17.2. The Hall–Kier alpha value is -3.51. The number of halogens is 1. The molecule has 3 aromatic carbocycles. The van der Waals surface area contributed by atoms with Crippen LogP contribution in [0.2, 0.25) is 5.02 Å². The SMILES string of the molecule is CCOC(=O)Cc1ccc(Oc2ccc(NC(=O)c3ccc(OC)cc3)cc2)c(Cl)c1. The van der Waals surface area contributed by atoms with Gasteiger partial charge in [-0.05, 0) is 73.2 Å². The molecule has 7 heteroatoms. The normalized spacial score (nSPS) is 10.3. The monoisotopic (exact) mass is 439 g/mol. The van der Waals surface area contributed by atoms with Gasteiger partial charge in [-0.2, -0.15) is 0 Å². The minimum Gasteiger partial charge on any atom is -0.497 e. The van der Waals surface area contributed by atoms with E-state index in [2.05, 4.69) is 5.32 Å². The van der Waals surface area contributed by atoms with Crippen LogP contribution in [0.3, 0.4) is 0 Å². The van der Waals surface area contributed by atoms with E-state index >= 15 is 0 Å². The van der Waals surface area contributed by atoms with E-state index < -0.39 is 0 Å². The summed E-state index contributed by atoms with van der Waals surface area (Å²) < 4.78 is 15.8. The molecule has 0 unspecified atom stereocenters. The second kappa shape index (κ2) is 10.5. The lowest BCUT2D eigenvalue weighted by molar-refractivity contribution is -0.142. The van der Waals surface area contributed by atoms with E-state index in [1.54, 1.807) is 80.8 Å². The lowest BCUT2D eigenvalue weighted by Gasteiger charge is -2.11. The number of amides is 1. The molecule has 0 heterocycles. The topological polar surface area (TPSA) is 73.9 Å². The molecular weight excluding hydrogens is 418 g/mol. The Bertz CT molecular complexity index is 1050. The molecule has 0 aliphatic rings. The lowest BCUT2D eigenvalue weighted by Crippen LogP contribution is -2.11. The summed E-state index contributed by atoms with van der Waals surface area (Å²) >= 11 is 6.29. The molecule has 0 aliphatic heterocycles. The zero-order valence-corrected chi connectivity index (χ0v) is 17.9. The van der Waals surface area contributed by atoms with Gasteiger partial charge in [-0.1, -0.05) is 17.7 Å². The van der Waals surface area contributed by atoms with Gasteiger partial charge in [0.1, 0.15) is 17.2 Å². The minimum absolute atomic E-state index is 0.149. The number of hydrogen-bond donors (Lipinski definition) is 1. The van der Waals surface area contributed by atoms with Crippen molar-refractivity contribution < 1.29 is 23.8 Å². The molecule has 160 valence electrons. The average molecular weight is 440 g/mol. The van der Waals surface area contributed by atoms with E-state index in [4.69, 9.17) is 25.8 Å². The van der Waals surface area contributed by atoms with Crippen molar-refractivity contribution in [3.05, 3.63) is 82.9 Å². The number of carbonyl (C=O) groups is 2. The smallest absolute Gasteiger partial charge is 0.310 e. The maximum atomic E-state index is 12.4. The Morgan fingerprint density at radius 1 is 0.935 bits per heavy atom. The van der Waals surface area contributed by atoms with Crippen LogP contribution in [0.4, 0.5) is 5.69 Å². The molecule has 0 spiro atoms. The van der Waals surface area contributed by atoms with Gasteiger partial charge in [0.2, 0.25) is 0 Å². The predicted molar refractivity (Wildman–Crippen MR) is 119 cm³/mol. The molecule has 0 saturated heterocycles. The number of benzene rings is 3. The molecule has 3 rings (SSSR count). The average Bonchev–Trinajstić information content (AvgIpc) is 2.77. The molecule has 0 radical (unpaired) electrons. The quantitative estimate of drug-likeness (QED) is 0.469. The zero-order chi connectivity index (χ0) is 22.2. The fraction of sp³-hybridized carbons (Fsp3) is 0.167. The van der Waals surface area contributed by atoms with E-state index in [0.717, 1.165) is 5.56 Å².